The fourth-order valence-corrected chi connectivity index (χ4v) is 5.33. The highest BCUT2D eigenvalue weighted by Crippen LogP contribution is 2.44. The van der Waals surface area contributed by atoms with Crippen molar-refractivity contribution in [1.29, 1.82) is 0 Å². The summed E-state index contributed by atoms with van der Waals surface area (Å²) < 4.78 is 15.4. The van der Waals surface area contributed by atoms with E-state index in [1.807, 2.05) is 49.2 Å². The highest BCUT2D eigenvalue weighted by Gasteiger charge is 2.43. The first-order valence-corrected chi connectivity index (χ1v) is 13.0. The number of nitrogens with zero attached hydrogens (tertiary/aromatic N) is 1. The molecule has 3 rings (SSSR count). The number of halogens is 1. The standard InChI is InChI=1S/C29H40FN3O3/c1-21-9-4-10-23(19-21)28-25(12-5-13-26(28)30)29(36,15-8-17-32-22(2)34)24-11-7-18-33(20-24)27(35)14-6-16-31-3/h4-5,9-10,12-13,19,24,31,36H,6-8,11,14-18,20H2,1-3H3,(H,32,34)/t24-,29+/m1/s1. The van der Waals surface area contributed by atoms with Crippen LogP contribution in [0.4, 0.5) is 4.39 Å². The van der Waals surface area contributed by atoms with Crippen molar-refractivity contribution in [2.45, 2.75) is 58.0 Å². The van der Waals surface area contributed by atoms with Crippen molar-refractivity contribution in [2.75, 3.05) is 33.2 Å². The second-order valence-electron chi connectivity index (χ2n) is 9.93. The van der Waals surface area contributed by atoms with E-state index < -0.39 is 5.60 Å². The van der Waals surface area contributed by atoms with Gasteiger partial charge in [-0.25, -0.2) is 4.39 Å². The predicted molar refractivity (Wildman–Crippen MR) is 141 cm³/mol. The molecule has 2 amide bonds. The maximum Gasteiger partial charge on any atom is 0.222 e. The van der Waals surface area contributed by atoms with Crippen LogP contribution in [-0.4, -0.2) is 55.0 Å². The smallest absolute Gasteiger partial charge is 0.222 e. The number of amides is 2. The molecular formula is C29H40FN3O3. The molecule has 7 heteroatoms. The molecule has 0 bridgehead atoms. The topological polar surface area (TPSA) is 81.7 Å². The zero-order valence-corrected chi connectivity index (χ0v) is 21.8. The minimum absolute atomic E-state index is 0.0914. The van der Waals surface area contributed by atoms with E-state index in [-0.39, 0.29) is 23.5 Å². The van der Waals surface area contributed by atoms with E-state index in [0.29, 0.717) is 50.0 Å². The van der Waals surface area contributed by atoms with Crippen molar-refractivity contribution in [3.05, 3.63) is 59.4 Å². The van der Waals surface area contributed by atoms with Crippen LogP contribution >= 0.6 is 0 Å². The van der Waals surface area contributed by atoms with Crippen molar-refractivity contribution < 1.29 is 19.1 Å². The van der Waals surface area contributed by atoms with Gasteiger partial charge in [-0.1, -0.05) is 42.0 Å². The second-order valence-corrected chi connectivity index (χ2v) is 9.93. The summed E-state index contributed by atoms with van der Waals surface area (Å²) in [5.41, 5.74) is 1.32. The quantitative estimate of drug-likeness (QED) is 0.408. The number of rotatable bonds is 11. The molecule has 3 N–H and O–H groups in total. The SMILES string of the molecule is CNCCCC(=O)N1CCC[C@@H]([C@@](O)(CCCNC(C)=O)c2cccc(F)c2-c2cccc(C)c2)C1. The normalized spacial score (nSPS) is 17.5. The molecule has 0 radical (unpaired) electrons. The van der Waals surface area contributed by atoms with Crippen LogP contribution < -0.4 is 10.6 Å². The molecule has 0 spiro atoms. The van der Waals surface area contributed by atoms with E-state index in [1.54, 1.807) is 6.07 Å². The van der Waals surface area contributed by atoms with Gasteiger partial charge < -0.3 is 20.6 Å². The van der Waals surface area contributed by atoms with Gasteiger partial charge in [0.2, 0.25) is 11.8 Å². The van der Waals surface area contributed by atoms with E-state index in [9.17, 15) is 14.7 Å². The van der Waals surface area contributed by atoms with Crippen molar-refractivity contribution in [3.63, 3.8) is 0 Å². The van der Waals surface area contributed by atoms with E-state index in [4.69, 9.17) is 0 Å². The fourth-order valence-electron chi connectivity index (χ4n) is 5.33. The van der Waals surface area contributed by atoms with Crippen LogP contribution in [0.2, 0.25) is 0 Å². The number of piperidine rings is 1. The number of likely N-dealkylation sites (tertiary alicyclic amines) is 1. The minimum Gasteiger partial charge on any atom is -0.385 e. The Balaban J connectivity index is 1.97. The first kappa shape index (κ1) is 27.8. The number of nitrogens with one attached hydrogen (secondary N) is 2. The first-order valence-electron chi connectivity index (χ1n) is 13.0. The highest BCUT2D eigenvalue weighted by molar-refractivity contribution is 5.76. The molecule has 2 aromatic carbocycles. The predicted octanol–water partition coefficient (Wildman–Crippen LogP) is 4.14. The number of benzene rings is 2. The highest BCUT2D eigenvalue weighted by atomic mass is 19.1. The summed E-state index contributed by atoms with van der Waals surface area (Å²) in [5, 5.41) is 18.3. The Bertz CT molecular complexity index is 1040. The van der Waals surface area contributed by atoms with Crippen LogP contribution in [0.25, 0.3) is 11.1 Å². The summed E-state index contributed by atoms with van der Waals surface area (Å²) in [4.78, 5) is 26.2. The van der Waals surface area contributed by atoms with Crippen molar-refractivity contribution in [2.24, 2.45) is 5.92 Å². The van der Waals surface area contributed by atoms with Gasteiger partial charge in [-0.05, 0) is 69.8 Å². The molecule has 1 saturated heterocycles. The van der Waals surface area contributed by atoms with E-state index >= 15 is 4.39 Å². The summed E-state index contributed by atoms with van der Waals surface area (Å²) in [6, 6.07) is 12.5. The summed E-state index contributed by atoms with van der Waals surface area (Å²) in [6.45, 7) is 5.73. The molecule has 2 atom stereocenters. The van der Waals surface area contributed by atoms with Gasteiger partial charge in [0, 0.05) is 44.5 Å². The van der Waals surface area contributed by atoms with Gasteiger partial charge in [-0.3, -0.25) is 9.59 Å². The van der Waals surface area contributed by atoms with Gasteiger partial charge in [-0.2, -0.15) is 0 Å². The Morgan fingerprint density at radius 1 is 1.17 bits per heavy atom. The first-order chi connectivity index (χ1) is 17.3. The third kappa shape index (κ3) is 6.92. The third-order valence-electron chi connectivity index (χ3n) is 7.16. The Morgan fingerprint density at radius 3 is 2.67 bits per heavy atom. The van der Waals surface area contributed by atoms with Crippen LogP contribution in [0.15, 0.2) is 42.5 Å². The Labute approximate surface area is 214 Å². The summed E-state index contributed by atoms with van der Waals surface area (Å²) in [7, 11) is 1.87. The van der Waals surface area contributed by atoms with Crippen LogP contribution in [0.3, 0.4) is 0 Å². The van der Waals surface area contributed by atoms with E-state index in [0.717, 1.165) is 36.9 Å². The number of carbonyl (C=O) groups excluding carboxylic acids is 2. The molecule has 36 heavy (non-hydrogen) atoms. The summed E-state index contributed by atoms with van der Waals surface area (Å²) >= 11 is 0. The maximum atomic E-state index is 15.4. The second kappa shape index (κ2) is 13.0. The molecule has 0 saturated carbocycles. The fraction of sp³-hybridized carbons (Fsp3) is 0.517. The number of hydrogen-bond acceptors (Lipinski definition) is 4. The molecular weight excluding hydrogens is 457 g/mol. The zero-order chi connectivity index (χ0) is 26.1. The van der Waals surface area contributed by atoms with Crippen LogP contribution in [0.5, 0.6) is 0 Å². The van der Waals surface area contributed by atoms with Gasteiger partial charge in [0.05, 0.1) is 5.60 Å². The molecule has 6 nitrogen and oxygen atoms in total. The molecule has 1 aliphatic rings. The molecule has 0 aromatic heterocycles. The Morgan fingerprint density at radius 2 is 1.94 bits per heavy atom. The van der Waals surface area contributed by atoms with Gasteiger partial charge in [-0.15, -0.1) is 0 Å². The van der Waals surface area contributed by atoms with Crippen LogP contribution in [0.1, 0.15) is 56.6 Å². The number of aryl methyl sites for hydroxylation is 1. The van der Waals surface area contributed by atoms with Gasteiger partial charge >= 0.3 is 0 Å². The lowest BCUT2D eigenvalue weighted by Gasteiger charge is -2.43. The zero-order valence-electron chi connectivity index (χ0n) is 21.8. The minimum atomic E-state index is -1.36. The largest absolute Gasteiger partial charge is 0.385 e. The molecule has 0 unspecified atom stereocenters. The molecule has 1 fully saturated rings. The lowest BCUT2D eigenvalue weighted by Crippen LogP contribution is -2.48. The number of aliphatic hydroxyl groups is 1. The average molecular weight is 498 g/mol. The molecule has 1 aliphatic heterocycles. The summed E-state index contributed by atoms with van der Waals surface area (Å²) in [6.07, 6.45) is 3.63. The number of carbonyl (C=O) groups is 2. The maximum absolute atomic E-state index is 15.4. The van der Waals surface area contributed by atoms with Gasteiger partial charge in [0.15, 0.2) is 0 Å². The van der Waals surface area contributed by atoms with Crippen LogP contribution in [0, 0.1) is 18.7 Å². The Kier molecular flexibility index (Phi) is 10.0. The van der Waals surface area contributed by atoms with E-state index in [1.165, 1.54) is 13.0 Å². The molecule has 0 aliphatic carbocycles. The molecule has 196 valence electrons. The van der Waals surface area contributed by atoms with Gasteiger partial charge in [0.1, 0.15) is 5.82 Å². The van der Waals surface area contributed by atoms with E-state index in [2.05, 4.69) is 10.6 Å². The average Bonchev–Trinajstić information content (AvgIpc) is 2.86. The van der Waals surface area contributed by atoms with Crippen molar-refractivity contribution in [1.82, 2.24) is 15.5 Å². The lowest BCUT2D eigenvalue weighted by molar-refractivity contribution is -0.137. The molecule has 1 heterocycles. The molecule has 2 aromatic rings. The third-order valence-corrected chi connectivity index (χ3v) is 7.16. The van der Waals surface area contributed by atoms with Crippen molar-refractivity contribution >= 4 is 11.8 Å². The van der Waals surface area contributed by atoms with Crippen molar-refractivity contribution in [3.8, 4) is 11.1 Å². The summed E-state index contributed by atoms with van der Waals surface area (Å²) in [5.74, 6) is -0.661. The lowest BCUT2D eigenvalue weighted by atomic mass is 9.72. The monoisotopic (exact) mass is 497 g/mol. The van der Waals surface area contributed by atoms with Gasteiger partial charge in [0.25, 0.3) is 0 Å². The van der Waals surface area contributed by atoms with Crippen LogP contribution in [-0.2, 0) is 15.2 Å². The Hall–Kier alpha value is -2.77. The number of hydrogen-bond donors (Lipinski definition) is 3.